The van der Waals surface area contributed by atoms with Gasteiger partial charge in [-0.2, -0.15) is 0 Å². The lowest BCUT2D eigenvalue weighted by Gasteiger charge is -2.14. The second-order valence-corrected chi connectivity index (χ2v) is 4.10. The average molecular weight is 259 g/mol. The third kappa shape index (κ3) is 2.97. The minimum atomic E-state index is 0.0510. The Labute approximate surface area is 92.4 Å². The van der Waals surface area contributed by atoms with E-state index in [0.29, 0.717) is 6.54 Å². The van der Waals surface area contributed by atoms with Crippen LogP contribution in [0.5, 0.6) is 0 Å². The van der Waals surface area contributed by atoms with Crippen molar-refractivity contribution in [1.29, 1.82) is 0 Å². The molecule has 0 saturated heterocycles. The number of nitrogens with two attached hydrogens (primary N) is 1. The van der Waals surface area contributed by atoms with E-state index in [1.807, 2.05) is 25.1 Å². The molecule has 1 rings (SSSR count). The number of benzene rings is 1. The maximum absolute atomic E-state index is 8.89. The van der Waals surface area contributed by atoms with Crippen LogP contribution >= 0.6 is 15.9 Å². The summed E-state index contributed by atoms with van der Waals surface area (Å²) in [6.07, 6.45) is 0. The van der Waals surface area contributed by atoms with Crippen LogP contribution in [0.4, 0.5) is 5.69 Å². The standard InChI is InChI=1S/C10H15BrN2O/c1-7(6-14)13-10-3-2-8(5-12)4-9(10)11/h2-4,7,13-14H,5-6,12H2,1H3. The van der Waals surface area contributed by atoms with Crippen molar-refractivity contribution in [2.45, 2.75) is 19.5 Å². The van der Waals surface area contributed by atoms with Crippen LogP contribution in [-0.2, 0) is 6.54 Å². The number of rotatable bonds is 4. The maximum Gasteiger partial charge on any atom is 0.0630 e. The fourth-order valence-electron chi connectivity index (χ4n) is 1.11. The van der Waals surface area contributed by atoms with Crippen molar-refractivity contribution in [3.05, 3.63) is 28.2 Å². The van der Waals surface area contributed by atoms with Gasteiger partial charge in [0.15, 0.2) is 0 Å². The van der Waals surface area contributed by atoms with Gasteiger partial charge in [0.1, 0.15) is 0 Å². The molecule has 1 aromatic rings. The van der Waals surface area contributed by atoms with Gasteiger partial charge in [0, 0.05) is 22.7 Å². The van der Waals surface area contributed by atoms with Gasteiger partial charge in [-0.05, 0) is 40.5 Å². The lowest BCUT2D eigenvalue weighted by atomic mass is 10.2. The van der Waals surface area contributed by atoms with Crippen molar-refractivity contribution < 1.29 is 5.11 Å². The highest BCUT2D eigenvalue weighted by Gasteiger charge is 2.03. The van der Waals surface area contributed by atoms with Gasteiger partial charge >= 0.3 is 0 Å². The number of aliphatic hydroxyl groups is 1. The third-order valence-electron chi connectivity index (χ3n) is 1.94. The molecule has 1 aromatic carbocycles. The number of hydrogen-bond acceptors (Lipinski definition) is 3. The van der Waals surface area contributed by atoms with E-state index >= 15 is 0 Å². The molecular weight excluding hydrogens is 244 g/mol. The summed E-state index contributed by atoms with van der Waals surface area (Å²) in [7, 11) is 0. The predicted molar refractivity (Wildman–Crippen MR) is 62.2 cm³/mol. The Morgan fingerprint density at radius 2 is 2.29 bits per heavy atom. The maximum atomic E-state index is 8.89. The first kappa shape index (κ1) is 11.5. The molecule has 0 aliphatic carbocycles. The quantitative estimate of drug-likeness (QED) is 0.771. The van der Waals surface area contributed by atoms with Gasteiger partial charge < -0.3 is 16.2 Å². The minimum absolute atomic E-state index is 0.0510. The monoisotopic (exact) mass is 258 g/mol. The Morgan fingerprint density at radius 1 is 1.57 bits per heavy atom. The van der Waals surface area contributed by atoms with E-state index in [-0.39, 0.29) is 12.6 Å². The number of nitrogens with one attached hydrogen (secondary N) is 1. The zero-order valence-corrected chi connectivity index (χ0v) is 9.71. The van der Waals surface area contributed by atoms with Crippen LogP contribution in [0.1, 0.15) is 12.5 Å². The average Bonchev–Trinajstić information content (AvgIpc) is 2.20. The van der Waals surface area contributed by atoms with Gasteiger partial charge in [-0.3, -0.25) is 0 Å². The van der Waals surface area contributed by atoms with Gasteiger partial charge in [0.05, 0.1) is 6.61 Å². The van der Waals surface area contributed by atoms with Gasteiger partial charge in [-0.25, -0.2) is 0 Å². The van der Waals surface area contributed by atoms with Crippen molar-refractivity contribution in [2.24, 2.45) is 5.73 Å². The Bertz CT molecular complexity index is 304. The van der Waals surface area contributed by atoms with E-state index in [4.69, 9.17) is 10.8 Å². The van der Waals surface area contributed by atoms with Gasteiger partial charge in [0.25, 0.3) is 0 Å². The molecule has 0 bridgehead atoms. The highest BCUT2D eigenvalue weighted by molar-refractivity contribution is 9.10. The summed E-state index contributed by atoms with van der Waals surface area (Å²) in [5, 5.41) is 12.1. The summed E-state index contributed by atoms with van der Waals surface area (Å²) in [6, 6.07) is 5.96. The van der Waals surface area contributed by atoms with Crippen molar-refractivity contribution >= 4 is 21.6 Å². The van der Waals surface area contributed by atoms with Crippen LogP contribution in [0, 0.1) is 0 Å². The zero-order chi connectivity index (χ0) is 10.6. The lowest BCUT2D eigenvalue weighted by Crippen LogP contribution is -2.19. The molecule has 0 heterocycles. The van der Waals surface area contributed by atoms with Crippen LogP contribution < -0.4 is 11.1 Å². The largest absolute Gasteiger partial charge is 0.394 e. The summed E-state index contributed by atoms with van der Waals surface area (Å²) in [5.41, 5.74) is 7.57. The van der Waals surface area contributed by atoms with E-state index < -0.39 is 0 Å². The molecule has 0 saturated carbocycles. The minimum Gasteiger partial charge on any atom is -0.394 e. The lowest BCUT2D eigenvalue weighted by molar-refractivity contribution is 0.281. The SMILES string of the molecule is CC(CO)Nc1ccc(CN)cc1Br. The highest BCUT2D eigenvalue weighted by Crippen LogP contribution is 2.24. The number of aliphatic hydroxyl groups excluding tert-OH is 1. The second kappa shape index (κ2) is 5.34. The molecule has 3 nitrogen and oxygen atoms in total. The van der Waals surface area contributed by atoms with E-state index in [1.165, 1.54) is 0 Å². The topological polar surface area (TPSA) is 58.3 Å². The van der Waals surface area contributed by atoms with Crippen LogP contribution in [0.15, 0.2) is 22.7 Å². The molecule has 0 aromatic heterocycles. The van der Waals surface area contributed by atoms with Crippen LogP contribution in [0.3, 0.4) is 0 Å². The second-order valence-electron chi connectivity index (χ2n) is 3.25. The fraction of sp³-hybridized carbons (Fsp3) is 0.400. The summed E-state index contributed by atoms with van der Waals surface area (Å²) in [6.45, 7) is 2.57. The molecule has 4 heteroatoms. The van der Waals surface area contributed by atoms with Crippen molar-refractivity contribution in [3.8, 4) is 0 Å². The number of halogens is 1. The Balaban J connectivity index is 2.78. The van der Waals surface area contributed by atoms with E-state index in [1.54, 1.807) is 0 Å². The molecule has 14 heavy (non-hydrogen) atoms. The highest BCUT2D eigenvalue weighted by atomic mass is 79.9. The van der Waals surface area contributed by atoms with Gasteiger partial charge in [0.2, 0.25) is 0 Å². The molecule has 0 aliphatic heterocycles. The summed E-state index contributed by atoms with van der Waals surface area (Å²) >= 11 is 3.45. The Kier molecular flexibility index (Phi) is 4.38. The van der Waals surface area contributed by atoms with Gasteiger partial charge in [-0.15, -0.1) is 0 Å². The summed E-state index contributed by atoms with van der Waals surface area (Å²) in [5.74, 6) is 0. The van der Waals surface area contributed by atoms with Crippen LogP contribution in [0.25, 0.3) is 0 Å². The van der Waals surface area contributed by atoms with Gasteiger partial charge in [-0.1, -0.05) is 6.07 Å². The Hall–Kier alpha value is -0.580. The first-order valence-electron chi connectivity index (χ1n) is 4.53. The molecule has 0 spiro atoms. The molecule has 0 aliphatic rings. The number of anilines is 1. The molecular formula is C10H15BrN2O. The van der Waals surface area contributed by atoms with E-state index in [2.05, 4.69) is 21.2 Å². The molecule has 4 N–H and O–H groups in total. The first-order valence-corrected chi connectivity index (χ1v) is 5.32. The molecule has 0 fully saturated rings. The molecule has 78 valence electrons. The van der Waals surface area contributed by atoms with Crippen molar-refractivity contribution in [2.75, 3.05) is 11.9 Å². The normalized spacial score (nSPS) is 12.6. The third-order valence-corrected chi connectivity index (χ3v) is 2.60. The van der Waals surface area contributed by atoms with E-state index in [9.17, 15) is 0 Å². The molecule has 0 radical (unpaired) electrons. The first-order chi connectivity index (χ1) is 6.67. The zero-order valence-electron chi connectivity index (χ0n) is 8.13. The van der Waals surface area contributed by atoms with E-state index in [0.717, 1.165) is 15.7 Å². The van der Waals surface area contributed by atoms with Crippen LogP contribution in [0.2, 0.25) is 0 Å². The molecule has 0 amide bonds. The Morgan fingerprint density at radius 3 is 2.79 bits per heavy atom. The smallest absolute Gasteiger partial charge is 0.0630 e. The molecule has 1 atom stereocenters. The van der Waals surface area contributed by atoms with Crippen molar-refractivity contribution in [3.63, 3.8) is 0 Å². The molecule has 1 unspecified atom stereocenters. The summed E-state index contributed by atoms with van der Waals surface area (Å²) in [4.78, 5) is 0. The van der Waals surface area contributed by atoms with Crippen molar-refractivity contribution in [1.82, 2.24) is 0 Å². The summed E-state index contributed by atoms with van der Waals surface area (Å²) < 4.78 is 0.973. The fourth-order valence-corrected chi connectivity index (χ4v) is 1.65. The number of hydrogen-bond donors (Lipinski definition) is 3. The van der Waals surface area contributed by atoms with Crippen LogP contribution in [-0.4, -0.2) is 17.8 Å². The predicted octanol–water partition coefficient (Wildman–Crippen LogP) is 1.70.